The van der Waals surface area contributed by atoms with Crippen molar-refractivity contribution in [1.29, 1.82) is 0 Å². The lowest BCUT2D eigenvalue weighted by atomic mass is 9.99. The Hall–Kier alpha value is -1.86. The molecule has 1 aromatic carbocycles. The molecule has 4 rings (SSSR count). The minimum Gasteiger partial charge on any atom is -0.342 e. The minimum absolute atomic E-state index is 0.172. The molecule has 0 N–H and O–H groups in total. The average Bonchev–Trinajstić information content (AvgIpc) is 3.39. The van der Waals surface area contributed by atoms with E-state index in [4.69, 9.17) is 0 Å². The van der Waals surface area contributed by atoms with Gasteiger partial charge >= 0.3 is 0 Å². The quantitative estimate of drug-likeness (QED) is 0.677. The normalized spacial score (nSPS) is 19.6. The fourth-order valence-corrected chi connectivity index (χ4v) is 5.12. The molecule has 2 aromatic rings. The monoisotopic (exact) mass is 413 g/mol. The highest BCUT2D eigenvalue weighted by Gasteiger charge is 2.27. The van der Waals surface area contributed by atoms with Crippen LogP contribution in [0, 0.1) is 5.92 Å². The molecule has 1 unspecified atom stereocenters. The van der Waals surface area contributed by atoms with Gasteiger partial charge in [0.2, 0.25) is 5.91 Å². The van der Waals surface area contributed by atoms with Crippen molar-refractivity contribution in [2.45, 2.75) is 56.5 Å². The predicted molar refractivity (Wildman–Crippen MR) is 116 cm³/mol. The number of rotatable bonds is 6. The van der Waals surface area contributed by atoms with E-state index in [9.17, 15) is 4.79 Å². The van der Waals surface area contributed by atoms with E-state index < -0.39 is 0 Å². The standard InChI is InChI=1S/C22H31N5OS/c1-17-10-14-26(15-11-17)21(28)18(2)29-22-24-23-20(16-25-12-6-7-13-25)27(22)19-8-4-3-5-9-19/h3-5,8-9,17-18H,6-7,10-16H2,1-2H3. The van der Waals surface area contributed by atoms with Gasteiger partial charge in [0.25, 0.3) is 0 Å². The van der Waals surface area contributed by atoms with Crippen molar-refractivity contribution < 1.29 is 4.79 Å². The van der Waals surface area contributed by atoms with E-state index in [2.05, 4.69) is 38.7 Å². The number of hydrogen-bond acceptors (Lipinski definition) is 5. The highest BCUT2D eigenvalue weighted by molar-refractivity contribution is 8.00. The Morgan fingerprint density at radius 1 is 1.10 bits per heavy atom. The first-order valence-corrected chi connectivity index (χ1v) is 11.7. The molecule has 0 saturated carbocycles. The van der Waals surface area contributed by atoms with Gasteiger partial charge in [0.1, 0.15) is 0 Å². The molecule has 1 amide bonds. The maximum atomic E-state index is 13.0. The highest BCUT2D eigenvalue weighted by Crippen LogP contribution is 2.28. The summed E-state index contributed by atoms with van der Waals surface area (Å²) >= 11 is 1.53. The highest BCUT2D eigenvalue weighted by atomic mass is 32.2. The van der Waals surface area contributed by atoms with Crippen molar-refractivity contribution in [3.63, 3.8) is 0 Å². The maximum Gasteiger partial charge on any atom is 0.235 e. The van der Waals surface area contributed by atoms with Crippen LogP contribution in [0.3, 0.4) is 0 Å². The van der Waals surface area contributed by atoms with Crippen LogP contribution >= 0.6 is 11.8 Å². The second-order valence-corrected chi connectivity index (χ2v) is 9.63. The zero-order chi connectivity index (χ0) is 20.2. The van der Waals surface area contributed by atoms with Crippen LogP contribution in [0.1, 0.15) is 45.4 Å². The van der Waals surface area contributed by atoms with Crippen molar-refractivity contribution in [2.75, 3.05) is 26.2 Å². The van der Waals surface area contributed by atoms with E-state index in [1.54, 1.807) is 0 Å². The van der Waals surface area contributed by atoms with Crippen molar-refractivity contribution in [1.82, 2.24) is 24.6 Å². The molecule has 3 heterocycles. The molecule has 156 valence electrons. The van der Waals surface area contributed by atoms with Crippen molar-refractivity contribution in [3.8, 4) is 5.69 Å². The number of carbonyl (C=O) groups excluding carboxylic acids is 1. The van der Waals surface area contributed by atoms with E-state index in [1.807, 2.05) is 30.0 Å². The largest absolute Gasteiger partial charge is 0.342 e. The minimum atomic E-state index is -0.172. The van der Waals surface area contributed by atoms with E-state index >= 15 is 0 Å². The van der Waals surface area contributed by atoms with Gasteiger partial charge in [0, 0.05) is 18.8 Å². The Kier molecular flexibility index (Phi) is 6.55. The van der Waals surface area contributed by atoms with Crippen molar-refractivity contribution in [3.05, 3.63) is 36.2 Å². The number of carbonyl (C=O) groups is 1. The molecule has 0 bridgehead atoms. The number of benzene rings is 1. The SMILES string of the molecule is CC1CCN(C(=O)C(C)Sc2nnc(CN3CCCC3)n2-c2ccccc2)CC1. The average molecular weight is 414 g/mol. The molecule has 1 atom stereocenters. The number of hydrogen-bond donors (Lipinski definition) is 0. The second-order valence-electron chi connectivity index (χ2n) is 8.32. The lowest BCUT2D eigenvalue weighted by Crippen LogP contribution is -2.41. The lowest BCUT2D eigenvalue weighted by Gasteiger charge is -2.32. The van der Waals surface area contributed by atoms with Crippen LogP contribution in [-0.2, 0) is 11.3 Å². The van der Waals surface area contributed by atoms with Crippen LogP contribution in [0.25, 0.3) is 5.69 Å². The van der Waals surface area contributed by atoms with Gasteiger partial charge in [-0.05, 0) is 63.7 Å². The van der Waals surface area contributed by atoms with Crippen molar-refractivity contribution >= 4 is 17.7 Å². The summed E-state index contributed by atoms with van der Waals surface area (Å²) in [6.07, 6.45) is 4.70. The third-order valence-electron chi connectivity index (χ3n) is 6.00. The zero-order valence-corrected chi connectivity index (χ0v) is 18.3. The molecule has 0 spiro atoms. The van der Waals surface area contributed by atoms with Crippen LogP contribution in [-0.4, -0.2) is 61.9 Å². The first-order valence-electron chi connectivity index (χ1n) is 10.8. The summed E-state index contributed by atoms with van der Waals surface area (Å²) < 4.78 is 2.13. The van der Waals surface area contributed by atoms with Crippen molar-refractivity contribution in [2.24, 2.45) is 5.92 Å². The summed E-state index contributed by atoms with van der Waals surface area (Å²) in [4.78, 5) is 17.4. The molecular weight excluding hydrogens is 382 g/mol. The topological polar surface area (TPSA) is 54.3 Å². The zero-order valence-electron chi connectivity index (χ0n) is 17.5. The number of piperidine rings is 1. The number of amides is 1. The van der Waals surface area contributed by atoms with E-state index in [0.717, 1.165) is 68.2 Å². The molecule has 29 heavy (non-hydrogen) atoms. The smallest absolute Gasteiger partial charge is 0.235 e. The molecule has 2 aliphatic rings. The third kappa shape index (κ3) is 4.83. The summed E-state index contributed by atoms with van der Waals surface area (Å²) in [7, 11) is 0. The fraction of sp³-hybridized carbons (Fsp3) is 0.591. The van der Waals surface area contributed by atoms with E-state index in [0.29, 0.717) is 0 Å². The van der Waals surface area contributed by atoms with Crippen LogP contribution < -0.4 is 0 Å². The van der Waals surface area contributed by atoms with Gasteiger partial charge < -0.3 is 4.90 Å². The molecule has 1 aromatic heterocycles. The molecule has 6 nitrogen and oxygen atoms in total. The Morgan fingerprint density at radius 2 is 1.79 bits per heavy atom. The molecule has 0 radical (unpaired) electrons. The van der Waals surface area contributed by atoms with E-state index in [1.165, 1.54) is 24.6 Å². The molecule has 2 fully saturated rings. The van der Waals surface area contributed by atoms with Crippen LogP contribution in [0.5, 0.6) is 0 Å². The Labute approximate surface area is 177 Å². The summed E-state index contributed by atoms with van der Waals surface area (Å²) in [5, 5.41) is 9.64. The molecule has 0 aliphatic carbocycles. The molecular formula is C22H31N5OS. The third-order valence-corrected chi connectivity index (χ3v) is 7.03. The number of thioether (sulfide) groups is 1. The fourth-order valence-electron chi connectivity index (χ4n) is 4.15. The van der Waals surface area contributed by atoms with Gasteiger partial charge in [-0.1, -0.05) is 36.9 Å². The summed E-state index contributed by atoms with van der Waals surface area (Å²) in [6, 6.07) is 10.3. The number of nitrogens with zero attached hydrogens (tertiary/aromatic N) is 5. The summed E-state index contributed by atoms with van der Waals surface area (Å²) in [5.74, 6) is 1.88. The maximum absolute atomic E-state index is 13.0. The molecule has 2 aliphatic heterocycles. The Balaban J connectivity index is 1.53. The first-order chi connectivity index (χ1) is 14.1. The van der Waals surface area contributed by atoms with Crippen LogP contribution in [0.4, 0.5) is 0 Å². The second kappa shape index (κ2) is 9.30. The lowest BCUT2D eigenvalue weighted by molar-refractivity contribution is -0.131. The summed E-state index contributed by atoms with van der Waals surface area (Å²) in [6.45, 7) is 9.04. The van der Waals surface area contributed by atoms with Gasteiger partial charge in [-0.3, -0.25) is 14.3 Å². The van der Waals surface area contributed by atoms with Gasteiger partial charge in [0.05, 0.1) is 11.8 Å². The number of likely N-dealkylation sites (tertiary alicyclic amines) is 2. The van der Waals surface area contributed by atoms with Crippen LogP contribution in [0.2, 0.25) is 0 Å². The van der Waals surface area contributed by atoms with Gasteiger partial charge in [-0.25, -0.2) is 0 Å². The predicted octanol–water partition coefficient (Wildman–Crippen LogP) is 3.60. The summed E-state index contributed by atoms with van der Waals surface area (Å²) in [5.41, 5.74) is 1.06. The van der Waals surface area contributed by atoms with Gasteiger partial charge in [0.15, 0.2) is 11.0 Å². The first kappa shape index (κ1) is 20.4. The Bertz CT molecular complexity index is 810. The van der Waals surface area contributed by atoms with E-state index in [-0.39, 0.29) is 11.2 Å². The number of para-hydroxylation sites is 1. The Morgan fingerprint density at radius 3 is 2.48 bits per heavy atom. The van der Waals surface area contributed by atoms with Crippen LogP contribution in [0.15, 0.2) is 35.5 Å². The van der Waals surface area contributed by atoms with Gasteiger partial charge in [-0.15, -0.1) is 10.2 Å². The molecule has 7 heteroatoms. The number of aromatic nitrogens is 3. The van der Waals surface area contributed by atoms with Gasteiger partial charge in [-0.2, -0.15) is 0 Å². The molecule has 2 saturated heterocycles.